The number of pyridine rings is 1. The lowest BCUT2D eigenvalue weighted by atomic mass is 10.1. The molecule has 2 aromatic carbocycles. The van der Waals surface area contributed by atoms with Crippen molar-refractivity contribution < 1.29 is 9.59 Å². The Morgan fingerprint density at radius 2 is 1.74 bits per heavy atom. The second-order valence-electron chi connectivity index (χ2n) is 5.78. The van der Waals surface area contributed by atoms with E-state index in [0.29, 0.717) is 5.69 Å². The minimum atomic E-state index is -0.587. The molecule has 0 aliphatic rings. The van der Waals surface area contributed by atoms with Crippen molar-refractivity contribution in [2.45, 2.75) is 0 Å². The Kier molecular flexibility index (Phi) is 4.35. The van der Waals surface area contributed by atoms with Gasteiger partial charge in [0.05, 0.1) is 21.5 Å². The van der Waals surface area contributed by atoms with Gasteiger partial charge in [-0.05, 0) is 36.4 Å². The first-order valence-electron chi connectivity index (χ1n) is 8.14. The summed E-state index contributed by atoms with van der Waals surface area (Å²) in [6.45, 7) is 0. The van der Waals surface area contributed by atoms with Crippen LogP contribution in [-0.2, 0) is 0 Å². The third kappa shape index (κ3) is 3.40. The number of carbonyl (C=O) groups excluding carboxylic acids is 2. The molecule has 2 amide bonds. The number of hydrogen-bond acceptors (Lipinski definition) is 5. The van der Waals surface area contributed by atoms with Crippen molar-refractivity contribution in [3.8, 4) is 10.6 Å². The fourth-order valence-corrected chi connectivity index (χ4v) is 3.63. The van der Waals surface area contributed by atoms with Crippen molar-refractivity contribution in [1.29, 1.82) is 0 Å². The van der Waals surface area contributed by atoms with Crippen LogP contribution in [0.5, 0.6) is 0 Å². The first kappa shape index (κ1) is 16.9. The van der Waals surface area contributed by atoms with Gasteiger partial charge < -0.3 is 11.1 Å². The summed E-state index contributed by atoms with van der Waals surface area (Å²) in [7, 11) is 0. The maximum absolute atomic E-state index is 12.5. The van der Waals surface area contributed by atoms with Crippen LogP contribution in [0, 0.1) is 0 Å². The number of thiazole rings is 1. The van der Waals surface area contributed by atoms with Crippen molar-refractivity contribution in [2.24, 2.45) is 5.73 Å². The number of primary amides is 1. The molecule has 27 heavy (non-hydrogen) atoms. The lowest BCUT2D eigenvalue weighted by molar-refractivity contribution is 0.0993. The lowest BCUT2D eigenvalue weighted by Crippen LogP contribution is -2.16. The molecular weight excluding hydrogens is 360 g/mol. The highest BCUT2D eigenvalue weighted by Crippen LogP contribution is 2.34. The van der Waals surface area contributed by atoms with Crippen LogP contribution < -0.4 is 11.1 Å². The van der Waals surface area contributed by atoms with Crippen LogP contribution in [0.2, 0.25) is 0 Å². The summed E-state index contributed by atoms with van der Waals surface area (Å²) in [4.78, 5) is 32.3. The summed E-state index contributed by atoms with van der Waals surface area (Å²) in [6.07, 6.45) is 1.29. The molecule has 0 saturated heterocycles. The van der Waals surface area contributed by atoms with E-state index in [9.17, 15) is 9.59 Å². The van der Waals surface area contributed by atoms with Crippen molar-refractivity contribution in [3.63, 3.8) is 0 Å². The third-order valence-corrected chi connectivity index (χ3v) is 5.05. The zero-order valence-corrected chi connectivity index (χ0v) is 14.9. The van der Waals surface area contributed by atoms with E-state index in [0.717, 1.165) is 20.8 Å². The second kappa shape index (κ2) is 6.97. The molecule has 2 aromatic heterocycles. The van der Waals surface area contributed by atoms with Gasteiger partial charge in [-0.25, -0.2) is 4.98 Å². The van der Waals surface area contributed by atoms with Gasteiger partial charge in [-0.15, -0.1) is 11.3 Å². The number of aromatic nitrogens is 2. The highest BCUT2D eigenvalue weighted by atomic mass is 32.1. The first-order valence-corrected chi connectivity index (χ1v) is 8.95. The monoisotopic (exact) mass is 374 g/mol. The molecule has 0 bridgehead atoms. The molecule has 3 N–H and O–H groups in total. The normalized spacial score (nSPS) is 10.7. The molecule has 0 radical (unpaired) electrons. The highest BCUT2D eigenvalue weighted by Gasteiger charge is 2.14. The molecular formula is C20H14N4O2S. The van der Waals surface area contributed by atoms with E-state index in [1.54, 1.807) is 11.3 Å². The molecule has 0 unspecified atom stereocenters. The summed E-state index contributed by atoms with van der Waals surface area (Å²) < 4.78 is 1.08. The van der Waals surface area contributed by atoms with Gasteiger partial charge >= 0.3 is 0 Å². The van der Waals surface area contributed by atoms with E-state index in [-0.39, 0.29) is 17.2 Å². The molecule has 0 spiro atoms. The summed E-state index contributed by atoms with van der Waals surface area (Å²) in [5.74, 6) is -0.963. The topological polar surface area (TPSA) is 98.0 Å². The molecule has 0 fully saturated rings. The van der Waals surface area contributed by atoms with Gasteiger partial charge in [-0.1, -0.05) is 24.3 Å². The second-order valence-corrected chi connectivity index (χ2v) is 6.81. The van der Waals surface area contributed by atoms with Crippen LogP contribution in [0.1, 0.15) is 20.8 Å². The standard InChI is InChI=1S/C20H14N4O2S/c21-18(25)12-9-10-16(22-11-12)19(26)23-14-6-2-1-5-13(14)20-24-15-7-3-4-8-17(15)27-20/h1-11H,(H2,21,25)(H,23,26). The zero-order valence-electron chi connectivity index (χ0n) is 14.0. The maximum Gasteiger partial charge on any atom is 0.274 e. The van der Waals surface area contributed by atoms with Crippen LogP contribution in [0.4, 0.5) is 5.69 Å². The molecule has 0 atom stereocenters. The molecule has 7 heteroatoms. The number of nitrogens with zero attached hydrogens (tertiary/aromatic N) is 2. The van der Waals surface area contributed by atoms with Gasteiger partial charge in [-0.3, -0.25) is 14.6 Å². The average Bonchev–Trinajstić information content (AvgIpc) is 3.12. The van der Waals surface area contributed by atoms with Crippen LogP contribution in [0.15, 0.2) is 66.9 Å². The molecule has 4 aromatic rings. The van der Waals surface area contributed by atoms with E-state index in [1.807, 2.05) is 48.5 Å². The van der Waals surface area contributed by atoms with E-state index < -0.39 is 5.91 Å². The van der Waals surface area contributed by atoms with Crippen LogP contribution in [0.25, 0.3) is 20.8 Å². The first-order chi connectivity index (χ1) is 13.1. The third-order valence-electron chi connectivity index (χ3n) is 3.98. The van der Waals surface area contributed by atoms with E-state index in [1.165, 1.54) is 18.3 Å². The molecule has 6 nitrogen and oxygen atoms in total. The number of carbonyl (C=O) groups is 2. The van der Waals surface area contributed by atoms with Gasteiger partial charge in [0.25, 0.3) is 5.91 Å². The summed E-state index contributed by atoms with van der Waals surface area (Å²) in [6, 6.07) is 18.3. The average molecular weight is 374 g/mol. The Bertz CT molecular complexity index is 1120. The molecule has 0 saturated carbocycles. The minimum Gasteiger partial charge on any atom is -0.366 e. The predicted molar refractivity (Wildman–Crippen MR) is 106 cm³/mol. The molecule has 2 heterocycles. The summed E-state index contributed by atoms with van der Waals surface area (Å²) in [5, 5.41) is 3.69. The SMILES string of the molecule is NC(=O)c1ccc(C(=O)Nc2ccccc2-c2nc3ccccc3s2)nc1. The largest absolute Gasteiger partial charge is 0.366 e. The van der Waals surface area contributed by atoms with Crippen LogP contribution >= 0.6 is 11.3 Å². The predicted octanol–water partition coefficient (Wildman–Crippen LogP) is 3.71. The minimum absolute atomic E-state index is 0.194. The number of benzene rings is 2. The number of rotatable bonds is 4. The lowest BCUT2D eigenvalue weighted by Gasteiger charge is -2.09. The van der Waals surface area contributed by atoms with E-state index >= 15 is 0 Å². The van der Waals surface area contributed by atoms with Crippen LogP contribution in [0.3, 0.4) is 0 Å². The number of fused-ring (bicyclic) bond motifs is 1. The Morgan fingerprint density at radius 1 is 0.963 bits per heavy atom. The molecule has 0 aliphatic carbocycles. The Labute approximate surface area is 158 Å². The van der Waals surface area contributed by atoms with Crippen LogP contribution in [-0.4, -0.2) is 21.8 Å². The van der Waals surface area contributed by atoms with Gasteiger partial charge in [0.2, 0.25) is 5.91 Å². The van der Waals surface area contributed by atoms with E-state index in [4.69, 9.17) is 5.73 Å². The fourth-order valence-electron chi connectivity index (χ4n) is 2.63. The highest BCUT2D eigenvalue weighted by molar-refractivity contribution is 7.21. The number of nitrogens with two attached hydrogens (primary N) is 1. The number of anilines is 1. The van der Waals surface area contributed by atoms with Gasteiger partial charge in [0, 0.05) is 11.8 Å². The van der Waals surface area contributed by atoms with Gasteiger partial charge in [0.15, 0.2) is 0 Å². The maximum atomic E-state index is 12.5. The molecule has 0 aliphatic heterocycles. The zero-order chi connectivity index (χ0) is 18.8. The van der Waals surface area contributed by atoms with Gasteiger partial charge in [-0.2, -0.15) is 0 Å². The Balaban J connectivity index is 1.64. The number of amides is 2. The Morgan fingerprint density at radius 3 is 2.48 bits per heavy atom. The van der Waals surface area contributed by atoms with Crippen molar-refractivity contribution in [3.05, 3.63) is 78.1 Å². The Hall–Kier alpha value is -3.58. The van der Waals surface area contributed by atoms with Crippen molar-refractivity contribution in [2.75, 3.05) is 5.32 Å². The van der Waals surface area contributed by atoms with Gasteiger partial charge in [0.1, 0.15) is 10.7 Å². The number of nitrogens with one attached hydrogen (secondary N) is 1. The smallest absolute Gasteiger partial charge is 0.274 e. The van der Waals surface area contributed by atoms with Crippen molar-refractivity contribution in [1.82, 2.24) is 9.97 Å². The number of hydrogen-bond donors (Lipinski definition) is 2. The summed E-state index contributed by atoms with van der Waals surface area (Å²) in [5.41, 5.74) is 8.03. The quantitative estimate of drug-likeness (QED) is 0.569. The molecule has 4 rings (SSSR count). The molecule has 132 valence electrons. The number of para-hydroxylation sites is 2. The van der Waals surface area contributed by atoms with Crippen molar-refractivity contribution >= 4 is 39.1 Å². The fraction of sp³-hybridized carbons (Fsp3) is 0. The van der Waals surface area contributed by atoms with E-state index in [2.05, 4.69) is 15.3 Å². The summed E-state index contributed by atoms with van der Waals surface area (Å²) >= 11 is 1.56.